The number of amides is 1. The summed E-state index contributed by atoms with van der Waals surface area (Å²) in [6.07, 6.45) is 0. The van der Waals surface area contributed by atoms with E-state index < -0.39 is 5.54 Å². The molecule has 1 N–H and O–H groups in total. The Kier molecular flexibility index (Phi) is 2.41. The molecule has 0 saturated carbocycles. The number of hydrogen-bond donors (Lipinski definition) is 1. The van der Waals surface area contributed by atoms with E-state index in [4.69, 9.17) is 0 Å². The Morgan fingerprint density at radius 1 is 1.58 bits per heavy atom. The van der Waals surface area contributed by atoms with Crippen LogP contribution in [0.15, 0.2) is 5.18 Å². The molecule has 1 saturated heterocycles. The lowest BCUT2D eigenvalue weighted by Gasteiger charge is -2.36. The van der Waals surface area contributed by atoms with E-state index in [0.717, 1.165) is 0 Å². The molecule has 1 aliphatic heterocycles. The van der Waals surface area contributed by atoms with E-state index in [1.54, 1.807) is 20.8 Å². The Labute approximate surface area is 75.5 Å². The summed E-state index contributed by atoms with van der Waals surface area (Å²) in [6.45, 7) is 5.37. The molecule has 1 heterocycles. The average Bonchev–Trinajstić information content (AvgIpc) is 1.96. The van der Waals surface area contributed by atoms with Gasteiger partial charge < -0.3 is 5.32 Å². The van der Waals surface area contributed by atoms with Crippen LogP contribution in [-0.4, -0.2) is 22.1 Å². The molecule has 0 bridgehead atoms. The molecule has 0 spiro atoms. The Morgan fingerprint density at radius 2 is 2.17 bits per heavy atom. The molecule has 2 atom stereocenters. The maximum Gasteiger partial charge on any atom is 0.233 e. The quantitative estimate of drug-likeness (QED) is 0.627. The molecule has 0 aromatic rings. The highest BCUT2D eigenvalue weighted by atomic mass is 32.2. The van der Waals surface area contributed by atoms with Crippen molar-refractivity contribution < 1.29 is 4.79 Å². The van der Waals surface area contributed by atoms with Gasteiger partial charge in [-0.25, -0.2) is 0 Å². The van der Waals surface area contributed by atoms with Crippen molar-refractivity contribution in [3.63, 3.8) is 0 Å². The average molecular weight is 188 g/mol. The molecule has 0 aromatic heterocycles. The van der Waals surface area contributed by atoms with Gasteiger partial charge in [0.1, 0.15) is 0 Å². The fourth-order valence-corrected chi connectivity index (χ4v) is 2.08. The SMILES string of the molecule is CC1SC(N=O)C(C)(C)NC1=O. The fraction of sp³-hybridized carbons (Fsp3) is 0.857. The first-order chi connectivity index (χ1) is 5.47. The van der Waals surface area contributed by atoms with Crippen molar-refractivity contribution in [2.24, 2.45) is 5.18 Å². The van der Waals surface area contributed by atoms with Gasteiger partial charge in [0, 0.05) is 0 Å². The topological polar surface area (TPSA) is 58.5 Å². The van der Waals surface area contributed by atoms with Gasteiger partial charge in [-0.1, -0.05) is 5.18 Å². The van der Waals surface area contributed by atoms with Crippen LogP contribution in [0.4, 0.5) is 0 Å². The predicted octanol–water partition coefficient (Wildman–Crippen LogP) is 1.11. The molecule has 1 fully saturated rings. The second-order valence-electron chi connectivity index (χ2n) is 3.45. The molecule has 1 aliphatic rings. The maximum atomic E-state index is 11.2. The van der Waals surface area contributed by atoms with E-state index in [-0.39, 0.29) is 16.5 Å². The number of carbonyl (C=O) groups is 1. The van der Waals surface area contributed by atoms with Crippen LogP contribution in [0.25, 0.3) is 0 Å². The first-order valence-electron chi connectivity index (χ1n) is 3.77. The number of rotatable bonds is 1. The summed E-state index contributed by atoms with van der Waals surface area (Å²) >= 11 is 1.31. The van der Waals surface area contributed by atoms with Gasteiger partial charge in [0.05, 0.1) is 10.8 Å². The number of carbonyl (C=O) groups excluding carboxylic acids is 1. The molecule has 0 aliphatic carbocycles. The normalized spacial score (nSPS) is 34.1. The molecular weight excluding hydrogens is 176 g/mol. The first-order valence-corrected chi connectivity index (χ1v) is 4.71. The summed E-state index contributed by atoms with van der Waals surface area (Å²) in [4.78, 5) is 21.6. The maximum absolute atomic E-state index is 11.2. The van der Waals surface area contributed by atoms with E-state index in [1.165, 1.54) is 11.8 Å². The van der Waals surface area contributed by atoms with Crippen molar-refractivity contribution in [2.75, 3.05) is 0 Å². The van der Waals surface area contributed by atoms with Crippen molar-refractivity contribution in [1.82, 2.24) is 5.32 Å². The third-order valence-electron chi connectivity index (χ3n) is 1.86. The lowest BCUT2D eigenvalue weighted by atomic mass is 10.1. The van der Waals surface area contributed by atoms with Gasteiger partial charge in [-0.3, -0.25) is 4.79 Å². The minimum absolute atomic E-state index is 0.0232. The summed E-state index contributed by atoms with van der Waals surface area (Å²) in [5, 5.41) is 5.17. The minimum atomic E-state index is -0.518. The predicted molar refractivity (Wildman–Crippen MR) is 48.9 cm³/mol. The summed E-state index contributed by atoms with van der Waals surface area (Å²) in [5.41, 5.74) is -0.518. The van der Waals surface area contributed by atoms with Gasteiger partial charge in [-0.2, -0.15) is 0 Å². The van der Waals surface area contributed by atoms with E-state index in [9.17, 15) is 9.70 Å². The minimum Gasteiger partial charge on any atom is -0.347 e. The number of hydrogen-bond acceptors (Lipinski definition) is 4. The van der Waals surface area contributed by atoms with Crippen molar-refractivity contribution in [3.05, 3.63) is 4.91 Å². The van der Waals surface area contributed by atoms with Crippen LogP contribution in [0, 0.1) is 4.91 Å². The lowest BCUT2D eigenvalue weighted by Crippen LogP contribution is -2.57. The zero-order chi connectivity index (χ0) is 9.35. The van der Waals surface area contributed by atoms with Gasteiger partial charge in [0.25, 0.3) is 0 Å². The molecular formula is C7H12N2O2S. The summed E-state index contributed by atoms with van der Waals surface area (Å²) in [5.74, 6) is -0.0232. The number of thioether (sulfide) groups is 1. The monoisotopic (exact) mass is 188 g/mol. The fourth-order valence-electron chi connectivity index (χ4n) is 1.06. The Morgan fingerprint density at radius 3 is 2.67 bits per heavy atom. The van der Waals surface area contributed by atoms with E-state index >= 15 is 0 Å². The van der Waals surface area contributed by atoms with Gasteiger partial charge >= 0.3 is 0 Å². The largest absolute Gasteiger partial charge is 0.347 e. The first kappa shape index (κ1) is 9.51. The van der Waals surface area contributed by atoms with Gasteiger partial charge in [0.2, 0.25) is 5.91 Å². The van der Waals surface area contributed by atoms with Crippen LogP contribution in [0.2, 0.25) is 0 Å². The summed E-state index contributed by atoms with van der Waals surface area (Å²) in [7, 11) is 0. The molecule has 68 valence electrons. The van der Waals surface area contributed by atoms with Crippen LogP contribution in [0.1, 0.15) is 20.8 Å². The molecule has 4 nitrogen and oxygen atoms in total. The smallest absolute Gasteiger partial charge is 0.233 e. The molecule has 12 heavy (non-hydrogen) atoms. The number of nitrogens with one attached hydrogen (secondary N) is 1. The van der Waals surface area contributed by atoms with Gasteiger partial charge in [-0.05, 0) is 20.8 Å². The lowest BCUT2D eigenvalue weighted by molar-refractivity contribution is -0.122. The van der Waals surface area contributed by atoms with Crippen molar-refractivity contribution in [3.8, 4) is 0 Å². The van der Waals surface area contributed by atoms with Crippen LogP contribution in [-0.2, 0) is 4.79 Å². The Hall–Kier alpha value is -0.580. The van der Waals surface area contributed by atoms with Gasteiger partial charge in [-0.15, -0.1) is 16.7 Å². The molecule has 0 aromatic carbocycles. The highest BCUT2D eigenvalue weighted by molar-refractivity contribution is 8.01. The molecule has 2 unspecified atom stereocenters. The third-order valence-corrected chi connectivity index (χ3v) is 3.42. The zero-order valence-electron chi connectivity index (χ0n) is 7.33. The van der Waals surface area contributed by atoms with Crippen molar-refractivity contribution >= 4 is 17.7 Å². The van der Waals surface area contributed by atoms with E-state index in [1.807, 2.05) is 0 Å². The Bertz CT molecular complexity index is 217. The van der Waals surface area contributed by atoms with Gasteiger partial charge in [0.15, 0.2) is 5.37 Å². The molecule has 1 rings (SSSR count). The number of nitroso groups, excluding NO2 is 1. The van der Waals surface area contributed by atoms with E-state index in [2.05, 4.69) is 10.5 Å². The third kappa shape index (κ3) is 1.60. The standard InChI is InChI=1S/C7H12N2O2S/c1-4-5(10)8-7(2,3)6(9-11)12-4/h4,6H,1-3H3,(H,8,10). The zero-order valence-corrected chi connectivity index (χ0v) is 8.14. The Balaban J connectivity index is 2.78. The molecule has 0 radical (unpaired) electrons. The highest BCUT2D eigenvalue weighted by Crippen LogP contribution is 2.32. The van der Waals surface area contributed by atoms with Crippen molar-refractivity contribution in [1.29, 1.82) is 0 Å². The van der Waals surface area contributed by atoms with Crippen LogP contribution in [0.3, 0.4) is 0 Å². The number of nitrogens with zero attached hydrogens (tertiary/aromatic N) is 1. The summed E-state index contributed by atoms with van der Waals surface area (Å²) in [6, 6.07) is 0. The van der Waals surface area contributed by atoms with E-state index in [0.29, 0.717) is 0 Å². The second kappa shape index (κ2) is 3.05. The molecule has 1 amide bonds. The van der Waals surface area contributed by atoms with Crippen LogP contribution < -0.4 is 5.32 Å². The van der Waals surface area contributed by atoms with Crippen LogP contribution in [0.5, 0.6) is 0 Å². The second-order valence-corrected chi connectivity index (χ2v) is 4.87. The van der Waals surface area contributed by atoms with Crippen molar-refractivity contribution in [2.45, 2.75) is 36.9 Å². The highest BCUT2D eigenvalue weighted by Gasteiger charge is 2.40. The molecule has 5 heteroatoms. The summed E-state index contributed by atoms with van der Waals surface area (Å²) < 4.78 is 0. The van der Waals surface area contributed by atoms with Crippen LogP contribution >= 0.6 is 11.8 Å².